The van der Waals surface area contributed by atoms with Crippen LogP contribution in [0.1, 0.15) is 16.7 Å². The van der Waals surface area contributed by atoms with E-state index in [-0.39, 0.29) is 12.4 Å². The number of aryl methyl sites for hydroxylation is 1. The lowest BCUT2D eigenvalue weighted by Crippen LogP contribution is -1.93. The number of halogens is 1. The Balaban J connectivity index is 2.13. The first-order valence-electron chi connectivity index (χ1n) is 6.36. The molecule has 2 aromatic carbocycles. The molecule has 2 N–H and O–H groups in total. The molecule has 0 fully saturated rings. The molecule has 1 nitrogen and oxygen atoms in total. The Kier molecular flexibility index (Phi) is 5.23. The zero-order valence-corrected chi connectivity index (χ0v) is 12.1. The molecule has 3 heteroatoms. The molecule has 2 rings (SSSR count). The van der Waals surface area contributed by atoms with Gasteiger partial charge in [0.05, 0.1) is 6.54 Å². The van der Waals surface area contributed by atoms with Gasteiger partial charge < -0.3 is 5.73 Å². The molecule has 0 atom stereocenters. The van der Waals surface area contributed by atoms with Crippen LogP contribution in [0.3, 0.4) is 0 Å². The van der Waals surface area contributed by atoms with E-state index in [1.807, 2.05) is 18.2 Å². The van der Waals surface area contributed by atoms with Crippen molar-refractivity contribution < 1.29 is 4.39 Å². The smallest absolute Gasteiger partial charge is 0.124 e. The summed E-state index contributed by atoms with van der Waals surface area (Å²) in [5.74, 6) is 6.08. The van der Waals surface area contributed by atoms with Crippen molar-refractivity contribution in [1.29, 1.82) is 0 Å². The van der Waals surface area contributed by atoms with E-state index in [1.165, 1.54) is 16.5 Å². The standard InChI is InChI=1S/C17H16FNS/c1-13-5-2-3-7-17(13)20-12-15-9-14(6-4-8-19)10-16(18)11-15/h2-3,5,7,9-11H,8,12,19H2,1H3. The summed E-state index contributed by atoms with van der Waals surface area (Å²) in [7, 11) is 0. The largest absolute Gasteiger partial charge is 0.320 e. The van der Waals surface area contributed by atoms with Gasteiger partial charge in [-0.25, -0.2) is 4.39 Å². The van der Waals surface area contributed by atoms with Crippen molar-refractivity contribution in [2.24, 2.45) is 5.73 Å². The van der Waals surface area contributed by atoms with Crippen LogP contribution in [-0.4, -0.2) is 6.54 Å². The van der Waals surface area contributed by atoms with Crippen LogP contribution in [0, 0.1) is 24.6 Å². The number of nitrogens with two attached hydrogens (primary N) is 1. The maximum absolute atomic E-state index is 13.6. The molecule has 0 amide bonds. The lowest BCUT2D eigenvalue weighted by molar-refractivity contribution is 0.626. The van der Waals surface area contributed by atoms with Gasteiger partial charge in [-0.2, -0.15) is 0 Å². The fourth-order valence-electron chi connectivity index (χ4n) is 1.84. The van der Waals surface area contributed by atoms with Crippen molar-refractivity contribution in [1.82, 2.24) is 0 Å². The van der Waals surface area contributed by atoms with Gasteiger partial charge in [-0.3, -0.25) is 0 Å². The van der Waals surface area contributed by atoms with Gasteiger partial charge in [0.25, 0.3) is 0 Å². The van der Waals surface area contributed by atoms with Crippen LogP contribution < -0.4 is 5.73 Å². The van der Waals surface area contributed by atoms with E-state index >= 15 is 0 Å². The lowest BCUT2D eigenvalue weighted by atomic mass is 10.1. The molecule has 0 spiro atoms. The minimum absolute atomic E-state index is 0.255. The summed E-state index contributed by atoms with van der Waals surface area (Å²) < 4.78 is 13.6. The highest BCUT2D eigenvalue weighted by Gasteiger charge is 2.02. The van der Waals surface area contributed by atoms with E-state index < -0.39 is 0 Å². The highest BCUT2D eigenvalue weighted by atomic mass is 32.2. The van der Waals surface area contributed by atoms with Crippen molar-refractivity contribution in [3.8, 4) is 11.8 Å². The zero-order valence-electron chi connectivity index (χ0n) is 11.3. The molecule has 0 aromatic heterocycles. The van der Waals surface area contributed by atoms with Crippen LogP contribution in [0.15, 0.2) is 47.4 Å². The first-order chi connectivity index (χ1) is 9.69. The van der Waals surface area contributed by atoms with E-state index in [0.717, 1.165) is 11.3 Å². The van der Waals surface area contributed by atoms with E-state index in [1.54, 1.807) is 17.8 Å². The molecule has 0 aliphatic heterocycles. The Labute approximate surface area is 123 Å². The van der Waals surface area contributed by atoms with Gasteiger partial charge >= 0.3 is 0 Å². The van der Waals surface area contributed by atoms with Crippen molar-refractivity contribution in [3.05, 3.63) is 65.0 Å². The fourth-order valence-corrected chi connectivity index (χ4v) is 2.80. The molecule has 0 saturated heterocycles. The van der Waals surface area contributed by atoms with Gasteiger partial charge in [-0.1, -0.05) is 30.0 Å². The maximum atomic E-state index is 13.6. The average Bonchev–Trinajstić information content (AvgIpc) is 2.44. The third-order valence-electron chi connectivity index (χ3n) is 2.78. The first-order valence-corrected chi connectivity index (χ1v) is 7.34. The molecule has 0 saturated carbocycles. The lowest BCUT2D eigenvalue weighted by Gasteiger charge is -2.06. The Morgan fingerprint density at radius 1 is 1.20 bits per heavy atom. The van der Waals surface area contributed by atoms with Crippen molar-refractivity contribution >= 4 is 11.8 Å². The molecule has 20 heavy (non-hydrogen) atoms. The zero-order chi connectivity index (χ0) is 14.4. The van der Waals surface area contributed by atoms with Gasteiger partial charge in [0.1, 0.15) is 5.82 Å². The second kappa shape index (κ2) is 7.14. The summed E-state index contributed by atoms with van der Waals surface area (Å²) in [6, 6.07) is 13.1. The van der Waals surface area contributed by atoms with Gasteiger partial charge in [-0.15, -0.1) is 11.8 Å². The van der Waals surface area contributed by atoms with Gasteiger partial charge in [0.15, 0.2) is 0 Å². The third kappa shape index (κ3) is 4.12. The molecule has 0 unspecified atom stereocenters. The van der Waals surface area contributed by atoms with Crippen molar-refractivity contribution in [2.45, 2.75) is 17.6 Å². The van der Waals surface area contributed by atoms with Crippen LogP contribution in [0.4, 0.5) is 4.39 Å². The second-order valence-corrected chi connectivity index (χ2v) is 5.43. The van der Waals surface area contributed by atoms with Crippen LogP contribution in [-0.2, 0) is 5.75 Å². The monoisotopic (exact) mass is 285 g/mol. The molecule has 0 heterocycles. The minimum atomic E-state index is -0.255. The quantitative estimate of drug-likeness (QED) is 0.687. The Hall–Kier alpha value is -1.76. The fraction of sp³-hybridized carbons (Fsp3) is 0.176. The summed E-state index contributed by atoms with van der Waals surface area (Å²) in [5.41, 5.74) is 8.17. The topological polar surface area (TPSA) is 26.0 Å². The maximum Gasteiger partial charge on any atom is 0.124 e. The van der Waals surface area contributed by atoms with E-state index in [4.69, 9.17) is 5.73 Å². The summed E-state index contributed by atoms with van der Waals surface area (Å²) in [6.45, 7) is 2.36. The predicted molar refractivity (Wildman–Crippen MR) is 83.1 cm³/mol. The minimum Gasteiger partial charge on any atom is -0.320 e. The number of thioether (sulfide) groups is 1. The van der Waals surface area contributed by atoms with Crippen LogP contribution in [0.2, 0.25) is 0 Å². The van der Waals surface area contributed by atoms with Gasteiger partial charge in [0.2, 0.25) is 0 Å². The normalized spacial score (nSPS) is 9.95. The third-order valence-corrected chi connectivity index (χ3v) is 4.03. The molecule has 0 aliphatic carbocycles. The Morgan fingerprint density at radius 3 is 2.75 bits per heavy atom. The van der Waals surface area contributed by atoms with Gasteiger partial charge in [-0.05, 0) is 42.3 Å². The Bertz CT molecular complexity index is 656. The van der Waals surface area contributed by atoms with E-state index in [9.17, 15) is 4.39 Å². The second-order valence-electron chi connectivity index (χ2n) is 4.41. The predicted octanol–water partition coefficient (Wildman–Crippen LogP) is 3.74. The summed E-state index contributed by atoms with van der Waals surface area (Å²) >= 11 is 1.70. The van der Waals surface area contributed by atoms with Crippen LogP contribution in [0.5, 0.6) is 0 Å². The summed E-state index contributed by atoms with van der Waals surface area (Å²) in [4.78, 5) is 1.21. The summed E-state index contributed by atoms with van der Waals surface area (Å²) in [5, 5.41) is 0. The van der Waals surface area contributed by atoms with Gasteiger partial charge in [0, 0.05) is 16.2 Å². The van der Waals surface area contributed by atoms with Crippen LogP contribution in [0.25, 0.3) is 0 Å². The molecule has 2 aromatic rings. The Morgan fingerprint density at radius 2 is 2.00 bits per heavy atom. The number of hydrogen-bond acceptors (Lipinski definition) is 2. The number of hydrogen-bond donors (Lipinski definition) is 1. The molecule has 0 aliphatic rings. The number of benzene rings is 2. The molecule has 102 valence electrons. The molecule has 0 bridgehead atoms. The van der Waals surface area contributed by atoms with Crippen LogP contribution >= 0.6 is 11.8 Å². The van der Waals surface area contributed by atoms with E-state index in [2.05, 4.69) is 30.9 Å². The summed E-state index contributed by atoms with van der Waals surface area (Å²) in [6.07, 6.45) is 0. The van der Waals surface area contributed by atoms with Crippen molar-refractivity contribution in [2.75, 3.05) is 6.54 Å². The van der Waals surface area contributed by atoms with E-state index in [0.29, 0.717) is 5.56 Å². The molecular weight excluding hydrogens is 269 g/mol. The number of rotatable bonds is 3. The molecule has 0 radical (unpaired) electrons. The first kappa shape index (κ1) is 14.6. The average molecular weight is 285 g/mol. The highest BCUT2D eigenvalue weighted by molar-refractivity contribution is 7.98. The van der Waals surface area contributed by atoms with Crippen molar-refractivity contribution in [3.63, 3.8) is 0 Å². The highest BCUT2D eigenvalue weighted by Crippen LogP contribution is 2.26. The SMILES string of the molecule is Cc1ccccc1SCc1cc(F)cc(C#CCN)c1. The molecular formula is C17H16FNS.